The minimum Gasteiger partial charge on any atom is -0.478 e. The maximum Gasteiger partial charge on any atom is 0.339 e. The van der Waals surface area contributed by atoms with E-state index in [0.717, 1.165) is 0 Å². The van der Waals surface area contributed by atoms with Crippen molar-refractivity contribution in [3.05, 3.63) is 54.6 Å². The Balaban J connectivity index is 0.000000250. The molecule has 98 valence electrons. The van der Waals surface area contributed by atoms with Gasteiger partial charge in [-0.3, -0.25) is 14.8 Å². The molecule has 2 rings (SSSR count). The predicted molar refractivity (Wildman–Crippen MR) is 66.7 cm³/mol. The number of carbonyl (C=O) groups excluding carboxylic acids is 1. The van der Waals surface area contributed by atoms with Gasteiger partial charge in [-0.05, 0) is 12.1 Å². The van der Waals surface area contributed by atoms with Crippen LogP contribution in [0.1, 0.15) is 17.3 Å². The first kappa shape index (κ1) is 14.3. The topological polar surface area (TPSA) is 89.4 Å². The number of hydrogen-bond donors (Lipinski definition) is 1. The molecule has 0 atom stereocenters. The molecule has 1 aromatic carbocycles. The molecule has 0 aliphatic carbocycles. The van der Waals surface area contributed by atoms with E-state index < -0.39 is 11.9 Å². The lowest BCUT2D eigenvalue weighted by molar-refractivity contribution is -0.131. The normalized spacial score (nSPS) is 8.89. The second-order valence-electron chi connectivity index (χ2n) is 3.29. The van der Waals surface area contributed by atoms with Crippen molar-refractivity contribution in [3.8, 4) is 5.75 Å². The number of aromatic carboxylic acids is 1. The lowest BCUT2D eigenvalue weighted by Gasteiger charge is -2.03. The molecule has 0 fully saturated rings. The highest BCUT2D eigenvalue weighted by molar-refractivity contribution is 5.91. The van der Waals surface area contributed by atoms with Crippen molar-refractivity contribution in [3.63, 3.8) is 0 Å². The fraction of sp³-hybridized carbons (Fsp3) is 0.0769. The van der Waals surface area contributed by atoms with E-state index in [-0.39, 0.29) is 11.3 Å². The number of nitrogens with zero attached hydrogens (tertiary/aromatic N) is 2. The van der Waals surface area contributed by atoms with Crippen molar-refractivity contribution in [1.82, 2.24) is 9.97 Å². The molecule has 0 amide bonds. The number of benzene rings is 1. The maximum absolute atomic E-state index is 10.6. The lowest BCUT2D eigenvalue weighted by atomic mass is 10.2. The van der Waals surface area contributed by atoms with Crippen molar-refractivity contribution < 1.29 is 19.4 Å². The largest absolute Gasteiger partial charge is 0.478 e. The Morgan fingerprint density at radius 1 is 1.05 bits per heavy atom. The van der Waals surface area contributed by atoms with Gasteiger partial charge in [0.2, 0.25) is 0 Å². The molecule has 19 heavy (non-hydrogen) atoms. The van der Waals surface area contributed by atoms with Gasteiger partial charge in [0.1, 0.15) is 11.3 Å². The number of hydrogen-bond acceptors (Lipinski definition) is 5. The summed E-state index contributed by atoms with van der Waals surface area (Å²) >= 11 is 0. The van der Waals surface area contributed by atoms with E-state index in [9.17, 15) is 9.59 Å². The number of rotatable bonds is 2. The molecule has 6 heteroatoms. The summed E-state index contributed by atoms with van der Waals surface area (Å²) in [6.45, 7) is 1.22. The number of para-hydroxylation sites is 1. The zero-order valence-electron chi connectivity index (χ0n) is 10.2. The first-order valence-corrected chi connectivity index (χ1v) is 5.32. The Hall–Kier alpha value is -2.76. The first-order valence-electron chi connectivity index (χ1n) is 5.32. The average Bonchev–Trinajstić information content (AvgIpc) is 2.41. The molecule has 1 heterocycles. The highest BCUT2D eigenvalue weighted by Gasteiger charge is 2.10. The van der Waals surface area contributed by atoms with E-state index in [1.165, 1.54) is 19.1 Å². The monoisotopic (exact) mass is 260 g/mol. The molecule has 2 aromatic rings. The van der Waals surface area contributed by atoms with Gasteiger partial charge >= 0.3 is 11.9 Å². The zero-order valence-corrected chi connectivity index (χ0v) is 10.2. The van der Waals surface area contributed by atoms with E-state index >= 15 is 0 Å². The summed E-state index contributed by atoms with van der Waals surface area (Å²) in [5.74, 6) is -1.58. The molecule has 0 aliphatic heterocycles. The average molecular weight is 260 g/mol. The number of carboxylic acid groups (broad SMARTS) is 1. The fourth-order valence-corrected chi connectivity index (χ4v) is 1.14. The summed E-state index contributed by atoms with van der Waals surface area (Å²) in [5, 5.41) is 8.69. The van der Waals surface area contributed by atoms with E-state index in [1.54, 1.807) is 36.9 Å². The van der Waals surface area contributed by atoms with E-state index in [0.29, 0.717) is 0 Å². The molecule has 0 spiro atoms. The van der Waals surface area contributed by atoms with Gasteiger partial charge < -0.3 is 9.84 Å². The molecule has 1 aromatic heterocycles. The standard InChI is InChI=1S/C9H8O4.C4H4N2/c1-6(10)13-8-5-3-2-4-7(8)9(11)12;1-2-6-4-3-5-1/h2-5H,1H3,(H,11,12);1-4H. The van der Waals surface area contributed by atoms with Gasteiger partial charge in [-0.15, -0.1) is 0 Å². The summed E-state index contributed by atoms with van der Waals surface area (Å²) in [6, 6.07) is 5.98. The van der Waals surface area contributed by atoms with Gasteiger partial charge in [-0.2, -0.15) is 0 Å². The van der Waals surface area contributed by atoms with Crippen LogP contribution in [-0.2, 0) is 4.79 Å². The van der Waals surface area contributed by atoms with Gasteiger partial charge in [0.25, 0.3) is 0 Å². The first-order chi connectivity index (χ1) is 9.11. The minimum atomic E-state index is -1.11. The van der Waals surface area contributed by atoms with Crippen molar-refractivity contribution in [2.24, 2.45) is 0 Å². The molecule has 6 nitrogen and oxygen atoms in total. The molecule has 0 saturated carbocycles. The molecule has 0 radical (unpaired) electrons. The van der Waals surface area contributed by atoms with Crippen LogP contribution >= 0.6 is 0 Å². The molecule has 0 bridgehead atoms. The molecule has 0 saturated heterocycles. The molecular formula is C13H12N2O4. The third kappa shape index (κ3) is 5.40. The molecular weight excluding hydrogens is 248 g/mol. The molecule has 1 N–H and O–H groups in total. The van der Waals surface area contributed by atoms with Crippen molar-refractivity contribution >= 4 is 11.9 Å². The second kappa shape index (κ2) is 7.54. The lowest BCUT2D eigenvalue weighted by Crippen LogP contribution is -2.06. The smallest absolute Gasteiger partial charge is 0.339 e. The van der Waals surface area contributed by atoms with Gasteiger partial charge in [0.15, 0.2) is 0 Å². The van der Waals surface area contributed by atoms with Gasteiger partial charge in [0.05, 0.1) is 0 Å². The van der Waals surface area contributed by atoms with Crippen molar-refractivity contribution in [2.45, 2.75) is 6.92 Å². The third-order valence-corrected chi connectivity index (χ3v) is 1.85. The summed E-state index contributed by atoms with van der Waals surface area (Å²) in [6.07, 6.45) is 6.56. The minimum absolute atomic E-state index is 0.0160. The summed E-state index contributed by atoms with van der Waals surface area (Å²) in [7, 11) is 0. The van der Waals surface area contributed by atoms with Gasteiger partial charge in [0, 0.05) is 31.7 Å². The Bertz CT molecular complexity index is 517. The molecule has 0 unspecified atom stereocenters. The maximum atomic E-state index is 10.6. The van der Waals surface area contributed by atoms with Gasteiger partial charge in [-0.25, -0.2) is 4.79 Å². The van der Waals surface area contributed by atoms with E-state index in [2.05, 4.69) is 14.7 Å². The number of aromatic nitrogens is 2. The van der Waals surface area contributed by atoms with Crippen LogP contribution in [0.15, 0.2) is 49.1 Å². The Labute approximate surface area is 109 Å². The quantitative estimate of drug-likeness (QED) is 0.654. The number of carbonyl (C=O) groups is 2. The number of carboxylic acids is 1. The zero-order chi connectivity index (χ0) is 14.1. The van der Waals surface area contributed by atoms with Crippen LogP contribution in [0, 0.1) is 0 Å². The van der Waals surface area contributed by atoms with Crippen LogP contribution in [-0.4, -0.2) is 27.0 Å². The van der Waals surface area contributed by atoms with Crippen LogP contribution in [0.2, 0.25) is 0 Å². The van der Waals surface area contributed by atoms with E-state index in [1.807, 2.05) is 0 Å². The highest BCUT2D eigenvalue weighted by Crippen LogP contribution is 2.17. The van der Waals surface area contributed by atoms with Gasteiger partial charge in [-0.1, -0.05) is 12.1 Å². The summed E-state index contributed by atoms with van der Waals surface area (Å²) in [5.41, 5.74) is -0.0160. The number of ether oxygens (including phenoxy) is 1. The Kier molecular flexibility index (Phi) is 5.68. The van der Waals surface area contributed by atoms with Crippen LogP contribution in [0.5, 0.6) is 5.75 Å². The fourth-order valence-electron chi connectivity index (χ4n) is 1.14. The second-order valence-corrected chi connectivity index (χ2v) is 3.29. The summed E-state index contributed by atoms with van der Waals surface area (Å²) < 4.78 is 4.69. The van der Waals surface area contributed by atoms with Crippen LogP contribution in [0.25, 0.3) is 0 Å². The van der Waals surface area contributed by atoms with E-state index in [4.69, 9.17) is 5.11 Å². The van der Waals surface area contributed by atoms with Crippen LogP contribution in [0.3, 0.4) is 0 Å². The predicted octanol–water partition coefficient (Wildman–Crippen LogP) is 1.79. The molecule has 0 aliphatic rings. The Morgan fingerprint density at radius 2 is 1.58 bits per heavy atom. The third-order valence-electron chi connectivity index (χ3n) is 1.85. The van der Waals surface area contributed by atoms with Crippen molar-refractivity contribution in [1.29, 1.82) is 0 Å². The van der Waals surface area contributed by atoms with Crippen LogP contribution < -0.4 is 4.74 Å². The van der Waals surface area contributed by atoms with Crippen LogP contribution in [0.4, 0.5) is 0 Å². The highest BCUT2D eigenvalue weighted by atomic mass is 16.5. The SMILES string of the molecule is CC(=O)Oc1ccccc1C(=O)O.c1cnccn1. The Morgan fingerprint density at radius 3 is 2.00 bits per heavy atom. The number of esters is 1. The van der Waals surface area contributed by atoms with Crippen molar-refractivity contribution in [2.75, 3.05) is 0 Å². The summed E-state index contributed by atoms with van der Waals surface area (Å²) in [4.78, 5) is 28.6.